The minimum Gasteiger partial charge on any atom is -0.491 e. The Bertz CT molecular complexity index is 494. The molecule has 0 bridgehead atoms. The van der Waals surface area contributed by atoms with Crippen molar-refractivity contribution < 1.29 is 9.84 Å². The molecule has 20 heavy (non-hydrogen) atoms. The summed E-state index contributed by atoms with van der Waals surface area (Å²) in [7, 11) is 0. The molecular weight excluding hydrogens is 254 g/mol. The zero-order valence-corrected chi connectivity index (χ0v) is 11.8. The van der Waals surface area contributed by atoms with Gasteiger partial charge in [0.2, 0.25) is 0 Å². The van der Waals surface area contributed by atoms with Crippen molar-refractivity contribution in [2.24, 2.45) is 0 Å². The Morgan fingerprint density at radius 3 is 2.65 bits per heavy atom. The molecule has 0 aliphatic rings. The van der Waals surface area contributed by atoms with Gasteiger partial charge in [0, 0.05) is 30.5 Å². The lowest BCUT2D eigenvalue weighted by Gasteiger charge is -2.15. The van der Waals surface area contributed by atoms with Gasteiger partial charge in [0.15, 0.2) is 0 Å². The average molecular weight is 275 g/mol. The highest BCUT2D eigenvalue weighted by Gasteiger charge is 2.06. The molecule has 108 valence electrons. The molecule has 1 atom stereocenters. The number of nitrogens with one attached hydrogen (secondary N) is 2. The summed E-state index contributed by atoms with van der Waals surface area (Å²) < 4.78 is 5.55. The van der Waals surface area contributed by atoms with Crippen molar-refractivity contribution >= 4 is 0 Å². The minimum atomic E-state index is -0.512. The largest absolute Gasteiger partial charge is 0.491 e. The first kappa shape index (κ1) is 14.6. The second-order valence-corrected chi connectivity index (χ2v) is 4.99. The molecule has 0 saturated carbocycles. The van der Waals surface area contributed by atoms with E-state index in [2.05, 4.69) is 15.3 Å². The first-order valence-electron chi connectivity index (χ1n) is 6.79. The van der Waals surface area contributed by atoms with Gasteiger partial charge in [-0.25, -0.2) is 4.98 Å². The van der Waals surface area contributed by atoms with E-state index < -0.39 is 6.10 Å². The van der Waals surface area contributed by atoms with Crippen molar-refractivity contribution in [3.63, 3.8) is 0 Å². The number of hydrogen-bond donors (Lipinski definition) is 3. The third-order valence-electron chi connectivity index (χ3n) is 2.83. The van der Waals surface area contributed by atoms with Crippen molar-refractivity contribution in [3.8, 4) is 17.1 Å². The molecule has 2 rings (SSSR count). The van der Waals surface area contributed by atoms with Gasteiger partial charge in [-0.3, -0.25) is 0 Å². The summed E-state index contributed by atoms with van der Waals surface area (Å²) in [6.07, 6.45) is 3.00. The van der Waals surface area contributed by atoms with E-state index in [1.54, 1.807) is 12.4 Å². The average Bonchev–Trinajstić information content (AvgIpc) is 2.97. The Hall–Kier alpha value is -1.85. The van der Waals surface area contributed by atoms with Crippen LogP contribution < -0.4 is 10.1 Å². The van der Waals surface area contributed by atoms with Gasteiger partial charge in [0.25, 0.3) is 0 Å². The number of aliphatic hydroxyl groups is 1. The third-order valence-corrected chi connectivity index (χ3v) is 2.83. The number of hydrogen-bond acceptors (Lipinski definition) is 4. The van der Waals surface area contributed by atoms with E-state index in [9.17, 15) is 5.11 Å². The molecule has 0 radical (unpaired) electrons. The fourth-order valence-corrected chi connectivity index (χ4v) is 1.76. The van der Waals surface area contributed by atoms with E-state index in [1.807, 2.05) is 38.1 Å². The van der Waals surface area contributed by atoms with E-state index in [-0.39, 0.29) is 6.61 Å². The van der Waals surface area contributed by atoms with Gasteiger partial charge in [0.05, 0.1) is 0 Å². The molecular formula is C15H21N3O2. The Balaban J connectivity index is 1.82. The van der Waals surface area contributed by atoms with E-state index in [0.29, 0.717) is 12.6 Å². The topological polar surface area (TPSA) is 70.2 Å². The van der Waals surface area contributed by atoms with Crippen LogP contribution in [-0.2, 0) is 0 Å². The minimum absolute atomic E-state index is 0.278. The highest BCUT2D eigenvalue weighted by atomic mass is 16.5. The number of benzene rings is 1. The smallest absolute Gasteiger partial charge is 0.137 e. The summed E-state index contributed by atoms with van der Waals surface area (Å²) in [5.41, 5.74) is 1.00. The van der Waals surface area contributed by atoms with Crippen LogP contribution in [-0.4, -0.2) is 40.4 Å². The maximum atomic E-state index is 9.76. The second kappa shape index (κ2) is 7.07. The van der Waals surface area contributed by atoms with Crippen LogP contribution in [0, 0.1) is 0 Å². The summed E-state index contributed by atoms with van der Waals surface area (Å²) in [5, 5.41) is 12.9. The zero-order chi connectivity index (χ0) is 14.4. The second-order valence-electron chi connectivity index (χ2n) is 4.99. The summed E-state index contributed by atoms with van der Waals surface area (Å²) >= 11 is 0. The Kier molecular flexibility index (Phi) is 5.15. The SMILES string of the molecule is CC(C)NC[C@H](O)COc1ccc(-c2ncc[nH]2)cc1. The molecule has 0 unspecified atom stereocenters. The number of aromatic amines is 1. The van der Waals surface area contributed by atoms with Gasteiger partial charge < -0.3 is 20.1 Å². The van der Waals surface area contributed by atoms with Crippen LogP contribution in [0.3, 0.4) is 0 Å². The van der Waals surface area contributed by atoms with Crippen molar-refractivity contribution in [2.45, 2.75) is 26.0 Å². The lowest BCUT2D eigenvalue weighted by atomic mass is 10.2. The Morgan fingerprint density at radius 1 is 1.30 bits per heavy atom. The summed E-state index contributed by atoms with van der Waals surface area (Å²) in [4.78, 5) is 7.24. The molecule has 0 aliphatic carbocycles. The van der Waals surface area contributed by atoms with Gasteiger partial charge in [-0.2, -0.15) is 0 Å². The van der Waals surface area contributed by atoms with Crippen molar-refractivity contribution in [1.29, 1.82) is 0 Å². The van der Waals surface area contributed by atoms with E-state index in [1.165, 1.54) is 0 Å². The van der Waals surface area contributed by atoms with Crippen LogP contribution >= 0.6 is 0 Å². The number of nitrogens with zero attached hydrogens (tertiary/aromatic N) is 1. The predicted octanol–water partition coefficient (Wildman–Crippen LogP) is 1.81. The molecule has 1 aromatic carbocycles. The first-order valence-corrected chi connectivity index (χ1v) is 6.79. The molecule has 0 saturated heterocycles. The van der Waals surface area contributed by atoms with Gasteiger partial charge in [-0.1, -0.05) is 13.8 Å². The lowest BCUT2D eigenvalue weighted by molar-refractivity contribution is 0.104. The quantitative estimate of drug-likeness (QED) is 0.721. The number of ether oxygens (including phenoxy) is 1. The highest BCUT2D eigenvalue weighted by molar-refractivity contribution is 5.55. The number of aliphatic hydroxyl groups excluding tert-OH is 1. The number of imidazole rings is 1. The molecule has 1 heterocycles. The normalized spacial score (nSPS) is 12.6. The number of rotatable bonds is 7. The van der Waals surface area contributed by atoms with E-state index >= 15 is 0 Å². The van der Waals surface area contributed by atoms with Crippen molar-refractivity contribution in [3.05, 3.63) is 36.7 Å². The van der Waals surface area contributed by atoms with Crippen LogP contribution in [0.2, 0.25) is 0 Å². The summed E-state index contributed by atoms with van der Waals surface area (Å²) in [6.45, 7) is 4.89. The van der Waals surface area contributed by atoms with Gasteiger partial charge in [0.1, 0.15) is 24.3 Å². The highest BCUT2D eigenvalue weighted by Crippen LogP contribution is 2.19. The van der Waals surface area contributed by atoms with Crippen LogP contribution in [0.4, 0.5) is 0 Å². The Morgan fingerprint density at radius 2 is 2.05 bits per heavy atom. The Labute approximate surface area is 119 Å². The number of H-pyrrole nitrogens is 1. The molecule has 5 nitrogen and oxygen atoms in total. The standard InChI is InChI=1S/C15H21N3O2/c1-11(2)18-9-13(19)10-20-14-5-3-12(4-6-14)15-16-7-8-17-15/h3-8,11,13,18-19H,9-10H2,1-2H3,(H,16,17)/t13-/m0/s1. The molecule has 2 aromatic rings. The molecule has 3 N–H and O–H groups in total. The van der Waals surface area contributed by atoms with E-state index in [4.69, 9.17) is 4.74 Å². The van der Waals surface area contributed by atoms with Gasteiger partial charge in [-0.05, 0) is 24.3 Å². The monoisotopic (exact) mass is 275 g/mol. The van der Waals surface area contributed by atoms with E-state index in [0.717, 1.165) is 17.1 Å². The fourth-order valence-electron chi connectivity index (χ4n) is 1.76. The molecule has 0 spiro atoms. The van der Waals surface area contributed by atoms with Crippen molar-refractivity contribution in [2.75, 3.05) is 13.2 Å². The third kappa shape index (κ3) is 4.36. The molecule has 5 heteroatoms. The lowest BCUT2D eigenvalue weighted by Crippen LogP contribution is -2.35. The fraction of sp³-hybridized carbons (Fsp3) is 0.400. The van der Waals surface area contributed by atoms with Crippen LogP contribution in [0.5, 0.6) is 5.75 Å². The molecule has 0 fully saturated rings. The molecule has 0 amide bonds. The number of aromatic nitrogens is 2. The summed E-state index contributed by atoms with van der Waals surface area (Å²) in [6, 6.07) is 7.98. The maximum absolute atomic E-state index is 9.76. The van der Waals surface area contributed by atoms with Crippen LogP contribution in [0.1, 0.15) is 13.8 Å². The van der Waals surface area contributed by atoms with Crippen molar-refractivity contribution in [1.82, 2.24) is 15.3 Å². The molecule has 1 aromatic heterocycles. The van der Waals surface area contributed by atoms with Crippen LogP contribution in [0.25, 0.3) is 11.4 Å². The zero-order valence-electron chi connectivity index (χ0n) is 11.8. The first-order chi connectivity index (χ1) is 9.65. The van der Waals surface area contributed by atoms with Crippen LogP contribution in [0.15, 0.2) is 36.7 Å². The maximum Gasteiger partial charge on any atom is 0.137 e. The van der Waals surface area contributed by atoms with Gasteiger partial charge >= 0.3 is 0 Å². The predicted molar refractivity (Wildman–Crippen MR) is 78.7 cm³/mol. The summed E-state index contributed by atoms with van der Waals surface area (Å²) in [5.74, 6) is 1.57. The molecule has 0 aliphatic heterocycles. The van der Waals surface area contributed by atoms with Gasteiger partial charge in [-0.15, -0.1) is 0 Å².